The second-order valence-electron chi connectivity index (χ2n) is 7.71. The van der Waals surface area contributed by atoms with E-state index in [-0.39, 0.29) is 11.3 Å². The van der Waals surface area contributed by atoms with E-state index in [0.717, 1.165) is 37.1 Å². The summed E-state index contributed by atoms with van der Waals surface area (Å²) >= 11 is 0. The summed E-state index contributed by atoms with van der Waals surface area (Å²) in [6.07, 6.45) is -4.70. The molecule has 12 heteroatoms. The number of ether oxygens (including phenoxy) is 2. The van der Waals surface area contributed by atoms with Crippen molar-refractivity contribution in [3.8, 4) is 0 Å². The summed E-state index contributed by atoms with van der Waals surface area (Å²) in [7, 11) is 3.00. The molecule has 0 atom stereocenters. The van der Waals surface area contributed by atoms with Gasteiger partial charge in [0.1, 0.15) is 17.2 Å². The standard InChI is InChI=1S/C22H22F3N5O4/c1-29-17-11-15(28-20(31)14-4-3-5-18(26-14)22(23,24)25)13(21(32)33-2)10-16(17)27-19(29)12-30-6-8-34-9-7-30/h3-5,10-11H,6-9,12H2,1-2H3,(H,28,31). The van der Waals surface area contributed by atoms with Crippen LogP contribution in [0.5, 0.6) is 0 Å². The van der Waals surface area contributed by atoms with Gasteiger partial charge in [-0.1, -0.05) is 6.07 Å². The number of rotatable bonds is 5. The van der Waals surface area contributed by atoms with Gasteiger partial charge in [0.15, 0.2) is 0 Å². The molecule has 3 heterocycles. The summed E-state index contributed by atoms with van der Waals surface area (Å²) in [6.45, 7) is 3.37. The maximum Gasteiger partial charge on any atom is 0.433 e. The van der Waals surface area contributed by atoms with E-state index in [9.17, 15) is 22.8 Å². The zero-order valence-electron chi connectivity index (χ0n) is 18.5. The quantitative estimate of drug-likeness (QED) is 0.565. The lowest BCUT2D eigenvalue weighted by atomic mass is 10.1. The summed E-state index contributed by atoms with van der Waals surface area (Å²) < 4.78 is 51.0. The van der Waals surface area contributed by atoms with Crippen molar-refractivity contribution < 1.29 is 32.2 Å². The third-order valence-corrected chi connectivity index (χ3v) is 5.51. The summed E-state index contributed by atoms with van der Waals surface area (Å²) in [5.74, 6) is -0.878. The van der Waals surface area contributed by atoms with Crippen molar-refractivity contribution in [1.82, 2.24) is 19.4 Å². The van der Waals surface area contributed by atoms with Gasteiger partial charge in [0.05, 0.1) is 49.2 Å². The molecule has 34 heavy (non-hydrogen) atoms. The van der Waals surface area contributed by atoms with Crippen LogP contribution in [-0.2, 0) is 29.2 Å². The van der Waals surface area contributed by atoms with E-state index in [0.29, 0.717) is 30.8 Å². The van der Waals surface area contributed by atoms with Crippen LogP contribution in [-0.4, -0.2) is 64.7 Å². The van der Waals surface area contributed by atoms with Crippen LogP contribution in [0, 0.1) is 0 Å². The number of fused-ring (bicyclic) bond motifs is 1. The molecule has 4 rings (SSSR count). The number of hydrogen-bond donors (Lipinski definition) is 1. The van der Waals surface area contributed by atoms with E-state index in [1.807, 2.05) is 11.6 Å². The number of aryl methyl sites for hydroxylation is 1. The third kappa shape index (κ3) is 4.87. The molecular formula is C22H22F3N5O4. The number of amides is 1. The van der Waals surface area contributed by atoms with Crippen molar-refractivity contribution >= 4 is 28.6 Å². The van der Waals surface area contributed by atoms with Gasteiger partial charge < -0.3 is 19.4 Å². The molecule has 1 N–H and O–H groups in total. The zero-order valence-corrected chi connectivity index (χ0v) is 18.5. The van der Waals surface area contributed by atoms with E-state index in [2.05, 4.69) is 20.2 Å². The summed E-state index contributed by atoms with van der Waals surface area (Å²) in [4.78, 5) is 35.3. The Hall–Kier alpha value is -3.51. The maximum absolute atomic E-state index is 13.0. The number of pyridine rings is 1. The third-order valence-electron chi connectivity index (χ3n) is 5.51. The Morgan fingerprint density at radius 1 is 1.18 bits per heavy atom. The molecule has 1 aliphatic heterocycles. The van der Waals surface area contributed by atoms with Gasteiger partial charge in [-0.3, -0.25) is 9.69 Å². The Morgan fingerprint density at radius 2 is 1.91 bits per heavy atom. The lowest BCUT2D eigenvalue weighted by Gasteiger charge is -2.26. The molecule has 0 spiro atoms. The van der Waals surface area contributed by atoms with E-state index in [1.54, 1.807) is 6.07 Å². The van der Waals surface area contributed by atoms with Crippen LogP contribution < -0.4 is 5.32 Å². The van der Waals surface area contributed by atoms with Gasteiger partial charge in [-0.05, 0) is 24.3 Å². The molecule has 0 radical (unpaired) electrons. The van der Waals surface area contributed by atoms with Crippen molar-refractivity contribution in [2.45, 2.75) is 12.7 Å². The van der Waals surface area contributed by atoms with E-state index in [4.69, 9.17) is 9.47 Å². The molecule has 1 fully saturated rings. The Bertz CT molecular complexity index is 1240. The fourth-order valence-electron chi connectivity index (χ4n) is 3.68. The van der Waals surface area contributed by atoms with Gasteiger partial charge in [0, 0.05) is 20.1 Å². The van der Waals surface area contributed by atoms with Crippen molar-refractivity contribution in [2.24, 2.45) is 7.05 Å². The Labute approximate surface area is 192 Å². The maximum atomic E-state index is 13.0. The Morgan fingerprint density at radius 3 is 2.59 bits per heavy atom. The zero-order chi connectivity index (χ0) is 24.5. The molecule has 0 bridgehead atoms. The average molecular weight is 477 g/mol. The van der Waals surface area contributed by atoms with Crippen LogP contribution in [0.4, 0.5) is 18.9 Å². The highest BCUT2D eigenvalue weighted by Crippen LogP contribution is 2.29. The predicted molar refractivity (Wildman–Crippen MR) is 115 cm³/mol. The minimum Gasteiger partial charge on any atom is -0.465 e. The number of alkyl halides is 3. The normalized spacial score (nSPS) is 14.9. The fraction of sp³-hybridized carbons (Fsp3) is 0.364. The van der Waals surface area contributed by atoms with Crippen LogP contribution in [0.2, 0.25) is 0 Å². The van der Waals surface area contributed by atoms with Gasteiger partial charge in [-0.25, -0.2) is 14.8 Å². The fourth-order valence-corrected chi connectivity index (χ4v) is 3.68. The van der Waals surface area contributed by atoms with Gasteiger partial charge >= 0.3 is 12.1 Å². The number of morpholine rings is 1. The first-order valence-electron chi connectivity index (χ1n) is 10.4. The van der Waals surface area contributed by atoms with Crippen LogP contribution in [0.1, 0.15) is 32.4 Å². The number of nitrogens with zero attached hydrogens (tertiary/aromatic N) is 4. The molecule has 0 aliphatic carbocycles. The second-order valence-corrected chi connectivity index (χ2v) is 7.71. The van der Waals surface area contributed by atoms with Crippen LogP contribution in [0.25, 0.3) is 11.0 Å². The topological polar surface area (TPSA) is 98.6 Å². The second kappa shape index (κ2) is 9.39. The number of nitrogens with one attached hydrogen (secondary N) is 1. The van der Waals surface area contributed by atoms with Gasteiger partial charge in [-0.2, -0.15) is 13.2 Å². The number of esters is 1. The van der Waals surface area contributed by atoms with Crippen LogP contribution >= 0.6 is 0 Å². The number of carbonyl (C=O) groups is 2. The van der Waals surface area contributed by atoms with Crippen molar-refractivity contribution in [3.05, 3.63) is 53.1 Å². The minimum absolute atomic E-state index is 0.0198. The van der Waals surface area contributed by atoms with E-state index < -0.39 is 29.4 Å². The number of imidazole rings is 1. The lowest BCUT2D eigenvalue weighted by Crippen LogP contribution is -2.36. The molecule has 1 aliphatic rings. The summed E-state index contributed by atoms with van der Waals surface area (Å²) in [6, 6.07) is 6.05. The smallest absolute Gasteiger partial charge is 0.433 e. The highest BCUT2D eigenvalue weighted by Gasteiger charge is 2.33. The van der Waals surface area contributed by atoms with Crippen LogP contribution in [0.15, 0.2) is 30.3 Å². The average Bonchev–Trinajstić information content (AvgIpc) is 3.12. The predicted octanol–water partition coefficient (Wildman–Crippen LogP) is 2.86. The molecule has 3 aromatic rings. The minimum atomic E-state index is -4.70. The number of anilines is 1. The molecule has 180 valence electrons. The molecule has 9 nitrogen and oxygen atoms in total. The van der Waals surface area contributed by atoms with Gasteiger partial charge in [0.2, 0.25) is 0 Å². The summed E-state index contributed by atoms with van der Waals surface area (Å²) in [5.41, 5.74) is -0.396. The first-order valence-corrected chi connectivity index (χ1v) is 10.4. The van der Waals surface area contributed by atoms with Crippen molar-refractivity contribution in [1.29, 1.82) is 0 Å². The van der Waals surface area contributed by atoms with Gasteiger partial charge in [-0.15, -0.1) is 0 Å². The number of aromatic nitrogens is 3. The van der Waals surface area contributed by atoms with Gasteiger partial charge in [0.25, 0.3) is 5.91 Å². The SMILES string of the molecule is COC(=O)c1cc2nc(CN3CCOCC3)n(C)c2cc1NC(=O)c1cccc(C(F)(F)F)n1. The van der Waals surface area contributed by atoms with Crippen LogP contribution in [0.3, 0.4) is 0 Å². The van der Waals surface area contributed by atoms with Crippen molar-refractivity contribution in [3.63, 3.8) is 0 Å². The van der Waals surface area contributed by atoms with E-state index in [1.165, 1.54) is 13.2 Å². The molecule has 1 amide bonds. The molecule has 1 saturated heterocycles. The highest BCUT2D eigenvalue weighted by molar-refractivity contribution is 6.09. The number of hydrogen-bond acceptors (Lipinski definition) is 7. The number of carbonyl (C=O) groups excluding carboxylic acids is 2. The Kier molecular flexibility index (Phi) is 6.53. The molecular weight excluding hydrogens is 455 g/mol. The first kappa shape index (κ1) is 23.6. The first-order chi connectivity index (χ1) is 16.2. The van der Waals surface area contributed by atoms with E-state index >= 15 is 0 Å². The number of methoxy groups -OCH3 is 1. The molecule has 0 unspecified atom stereocenters. The summed E-state index contributed by atoms with van der Waals surface area (Å²) in [5, 5.41) is 2.49. The monoisotopic (exact) mass is 477 g/mol. The lowest BCUT2D eigenvalue weighted by molar-refractivity contribution is -0.141. The number of benzene rings is 1. The molecule has 0 saturated carbocycles. The molecule has 2 aromatic heterocycles. The Balaban J connectivity index is 1.68. The number of halogens is 3. The highest BCUT2D eigenvalue weighted by atomic mass is 19.4. The van der Waals surface area contributed by atoms with Crippen molar-refractivity contribution in [2.75, 3.05) is 38.7 Å². The largest absolute Gasteiger partial charge is 0.465 e. The molecule has 1 aromatic carbocycles.